The number of alkyl halides is 1. The molecule has 0 saturated carbocycles. The molecule has 2 unspecified atom stereocenters. The minimum atomic E-state index is -0.783. The van der Waals surface area contributed by atoms with Gasteiger partial charge in [-0.15, -0.1) is 11.6 Å². The lowest BCUT2D eigenvalue weighted by atomic mass is 10.1. The molecule has 218 valence electrons. The van der Waals surface area contributed by atoms with Gasteiger partial charge in [0.2, 0.25) is 5.43 Å². The van der Waals surface area contributed by atoms with Crippen LogP contribution in [0, 0.1) is 22.9 Å². The van der Waals surface area contributed by atoms with Crippen molar-refractivity contribution in [2.24, 2.45) is 0 Å². The molecular formula is C26H28ClFN6O6S. The Balaban J connectivity index is 1.24. The highest BCUT2D eigenvalue weighted by Crippen LogP contribution is 2.46. The molecular weight excluding hydrogens is 579 g/mol. The van der Waals surface area contributed by atoms with E-state index in [0.717, 1.165) is 6.20 Å². The second-order valence-corrected chi connectivity index (χ2v) is 11.6. The lowest BCUT2D eigenvalue weighted by Crippen LogP contribution is -2.48. The Hall–Kier alpha value is -3.49. The van der Waals surface area contributed by atoms with Gasteiger partial charge in [0.05, 0.1) is 39.6 Å². The van der Waals surface area contributed by atoms with Gasteiger partial charge in [-0.25, -0.2) is 13.9 Å². The van der Waals surface area contributed by atoms with Crippen LogP contribution in [0.25, 0.3) is 10.9 Å². The fourth-order valence-corrected chi connectivity index (χ4v) is 6.66. The van der Waals surface area contributed by atoms with Crippen molar-refractivity contribution in [1.29, 1.82) is 0 Å². The summed E-state index contributed by atoms with van der Waals surface area (Å²) in [4.78, 5) is 56.2. The summed E-state index contributed by atoms with van der Waals surface area (Å²) < 4.78 is 24.0. The SMILES string of the molecule is CC(=O)c1c2n(c3cc(N4CCN(CC(=O)OC(CCl)Cn5c([N+](=O)[O-])cnc5C)CC4)c(F)cc3c1=O)C(C)S2. The first kappa shape index (κ1) is 29.0. The highest BCUT2D eigenvalue weighted by atomic mass is 35.5. The number of imidazole rings is 1. The minimum absolute atomic E-state index is 0.00419. The molecule has 0 amide bonds. The predicted molar refractivity (Wildman–Crippen MR) is 152 cm³/mol. The number of piperazine rings is 1. The second kappa shape index (κ2) is 11.4. The zero-order valence-corrected chi connectivity index (χ0v) is 24.2. The molecule has 1 saturated heterocycles. The summed E-state index contributed by atoms with van der Waals surface area (Å²) in [5.41, 5.74) is 0.583. The molecule has 0 bridgehead atoms. The fourth-order valence-electron chi connectivity index (χ4n) is 5.29. The van der Waals surface area contributed by atoms with Crippen LogP contribution in [-0.4, -0.2) is 80.4 Å². The number of fused-ring (bicyclic) bond motifs is 3. The maximum absolute atomic E-state index is 15.3. The van der Waals surface area contributed by atoms with Crippen LogP contribution in [0.15, 0.2) is 28.2 Å². The van der Waals surface area contributed by atoms with Gasteiger partial charge in [0.1, 0.15) is 18.6 Å². The first-order valence-electron chi connectivity index (χ1n) is 13.0. The average molecular weight is 607 g/mol. The van der Waals surface area contributed by atoms with Gasteiger partial charge in [-0.2, -0.15) is 0 Å². The first-order chi connectivity index (χ1) is 19.5. The Morgan fingerprint density at radius 1 is 1.29 bits per heavy atom. The third-order valence-corrected chi connectivity index (χ3v) is 8.89. The van der Waals surface area contributed by atoms with E-state index in [1.165, 1.54) is 29.3 Å². The normalized spacial score (nSPS) is 17.7. The van der Waals surface area contributed by atoms with Crippen LogP contribution in [0.1, 0.15) is 35.4 Å². The summed E-state index contributed by atoms with van der Waals surface area (Å²) in [6, 6.07) is 2.88. The van der Waals surface area contributed by atoms with Crippen LogP contribution >= 0.6 is 23.4 Å². The number of carbonyl (C=O) groups excluding carboxylic acids is 2. The van der Waals surface area contributed by atoms with Crippen LogP contribution in [0.4, 0.5) is 15.9 Å². The second-order valence-electron chi connectivity index (χ2n) is 10.0. The quantitative estimate of drug-likeness (QED) is 0.117. The Kier molecular flexibility index (Phi) is 8.08. The van der Waals surface area contributed by atoms with Crippen molar-refractivity contribution in [2.75, 3.05) is 43.5 Å². The smallest absolute Gasteiger partial charge is 0.342 e. The number of carbonyl (C=O) groups is 2. The third-order valence-electron chi connectivity index (χ3n) is 7.37. The molecule has 2 aliphatic heterocycles. The van der Waals surface area contributed by atoms with Crippen molar-refractivity contribution in [3.63, 3.8) is 0 Å². The number of halogens is 2. The number of Topliss-reactive ketones (excluding diaryl/α,β-unsaturated/α-hetero) is 1. The van der Waals surface area contributed by atoms with Crippen molar-refractivity contribution in [3.05, 3.63) is 55.9 Å². The van der Waals surface area contributed by atoms with E-state index in [1.54, 1.807) is 13.0 Å². The van der Waals surface area contributed by atoms with Crippen LogP contribution in [0.5, 0.6) is 0 Å². The number of hydrogen-bond acceptors (Lipinski definition) is 10. The maximum Gasteiger partial charge on any atom is 0.342 e. The summed E-state index contributed by atoms with van der Waals surface area (Å²) in [5, 5.41) is 12.0. The lowest BCUT2D eigenvalue weighted by Gasteiger charge is -2.37. The number of nitro groups is 1. The number of ketones is 1. The van der Waals surface area contributed by atoms with Crippen molar-refractivity contribution in [3.8, 4) is 0 Å². The van der Waals surface area contributed by atoms with Gasteiger partial charge < -0.3 is 24.3 Å². The number of hydrogen-bond donors (Lipinski definition) is 0. The number of esters is 1. The van der Waals surface area contributed by atoms with Crippen molar-refractivity contribution >= 4 is 57.5 Å². The molecule has 15 heteroatoms. The van der Waals surface area contributed by atoms with E-state index in [2.05, 4.69) is 4.98 Å². The minimum Gasteiger partial charge on any atom is -0.456 e. The molecule has 2 aromatic heterocycles. The molecule has 0 radical (unpaired) electrons. The van der Waals surface area contributed by atoms with Gasteiger partial charge in [-0.3, -0.25) is 19.3 Å². The topological polar surface area (TPSA) is 133 Å². The number of aryl methyl sites for hydroxylation is 1. The molecule has 41 heavy (non-hydrogen) atoms. The summed E-state index contributed by atoms with van der Waals surface area (Å²) >= 11 is 7.43. The first-order valence-corrected chi connectivity index (χ1v) is 14.4. The van der Waals surface area contributed by atoms with Gasteiger partial charge in [-0.1, -0.05) is 11.8 Å². The number of rotatable bonds is 9. The summed E-state index contributed by atoms with van der Waals surface area (Å²) in [6.45, 7) is 6.68. The van der Waals surface area contributed by atoms with Crippen molar-refractivity contribution in [1.82, 2.24) is 19.0 Å². The molecule has 0 aliphatic carbocycles. The number of nitrogens with zero attached hydrogens (tertiary/aromatic N) is 6. The van der Waals surface area contributed by atoms with Gasteiger partial charge in [0.25, 0.3) is 0 Å². The Labute approximate surface area is 243 Å². The van der Waals surface area contributed by atoms with E-state index in [0.29, 0.717) is 48.2 Å². The van der Waals surface area contributed by atoms with Gasteiger partial charge in [0, 0.05) is 38.5 Å². The highest BCUT2D eigenvalue weighted by molar-refractivity contribution is 8.00. The Morgan fingerprint density at radius 2 is 2.00 bits per heavy atom. The average Bonchev–Trinajstić information content (AvgIpc) is 3.28. The number of aromatic nitrogens is 3. The van der Waals surface area contributed by atoms with Gasteiger partial charge in [0.15, 0.2) is 17.7 Å². The van der Waals surface area contributed by atoms with E-state index >= 15 is 4.39 Å². The number of ether oxygens (including phenoxy) is 1. The molecule has 12 nitrogen and oxygen atoms in total. The fraction of sp³-hybridized carbons (Fsp3) is 0.462. The van der Waals surface area contributed by atoms with Crippen molar-refractivity contribution in [2.45, 2.75) is 43.8 Å². The van der Waals surface area contributed by atoms with Crippen LogP contribution in [0.3, 0.4) is 0 Å². The molecule has 2 atom stereocenters. The Morgan fingerprint density at radius 3 is 2.61 bits per heavy atom. The molecule has 0 spiro atoms. The zero-order chi connectivity index (χ0) is 29.6. The number of pyridine rings is 1. The van der Waals surface area contributed by atoms with Crippen LogP contribution < -0.4 is 10.3 Å². The van der Waals surface area contributed by atoms with E-state index in [9.17, 15) is 24.5 Å². The van der Waals surface area contributed by atoms with Gasteiger partial charge >= 0.3 is 11.8 Å². The molecule has 1 fully saturated rings. The standard InChI is InChI=1S/C26H28ClFN6O6S/c1-14(35)24-25(37)18-8-19(28)21(9-20(18)33-16(3)41-26(24)33)31-6-4-30(5-7-31)13-23(36)40-17(10-27)12-32-15(2)29-11-22(32)34(38)39/h8-9,11,16-17H,4-7,10,12-13H2,1-3H3. The Bertz CT molecular complexity index is 1620. The largest absolute Gasteiger partial charge is 0.456 e. The highest BCUT2D eigenvalue weighted by Gasteiger charge is 2.33. The van der Waals surface area contributed by atoms with E-state index in [4.69, 9.17) is 16.3 Å². The maximum atomic E-state index is 15.3. The molecule has 5 rings (SSSR count). The van der Waals surface area contributed by atoms with E-state index in [-0.39, 0.29) is 46.9 Å². The zero-order valence-electron chi connectivity index (χ0n) is 22.6. The van der Waals surface area contributed by atoms with Gasteiger partial charge in [-0.05, 0) is 30.9 Å². The molecule has 2 aliphatic rings. The number of thioether (sulfide) groups is 1. The number of anilines is 1. The summed E-state index contributed by atoms with van der Waals surface area (Å²) in [6.07, 6.45) is 0.363. The number of benzene rings is 1. The molecule has 3 aromatic rings. The van der Waals surface area contributed by atoms with Crippen molar-refractivity contribution < 1.29 is 23.6 Å². The predicted octanol–water partition coefficient (Wildman–Crippen LogP) is 3.35. The van der Waals surface area contributed by atoms with Crippen LogP contribution in [0.2, 0.25) is 0 Å². The third kappa shape index (κ3) is 5.43. The molecule has 0 N–H and O–H groups in total. The molecule has 4 heterocycles. The monoisotopic (exact) mass is 606 g/mol. The van der Waals surface area contributed by atoms with E-state index in [1.807, 2.05) is 21.3 Å². The summed E-state index contributed by atoms with van der Waals surface area (Å²) in [7, 11) is 0. The van der Waals surface area contributed by atoms with Crippen LogP contribution in [-0.2, 0) is 16.1 Å². The lowest BCUT2D eigenvalue weighted by molar-refractivity contribution is -0.392. The van der Waals surface area contributed by atoms with E-state index < -0.39 is 28.2 Å². The molecule has 1 aromatic carbocycles. The summed E-state index contributed by atoms with van der Waals surface area (Å²) in [5.74, 6) is -1.26.